The molecule has 27 heavy (non-hydrogen) atoms. The number of carbonyl (C=O) groups is 1. The van der Waals surface area contributed by atoms with Crippen LogP contribution in [0.3, 0.4) is 0 Å². The highest BCUT2D eigenvalue weighted by atomic mass is 32.2. The highest BCUT2D eigenvalue weighted by molar-refractivity contribution is 7.89. The van der Waals surface area contributed by atoms with Gasteiger partial charge in [0.25, 0.3) is 5.91 Å². The van der Waals surface area contributed by atoms with E-state index in [9.17, 15) is 17.6 Å². The summed E-state index contributed by atoms with van der Waals surface area (Å²) in [7, 11) is -3.82. The maximum absolute atomic E-state index is 13.4. The third-order valence-electron chi connectivity index (χ3n) is 4.03. The minimum absolute atomic E-state index is 0.0282. The SMILES string of the molecule is N#Cc1cccc(S(=O)(=O)NCCN2Cc3cc(F)ccc3OCC2=O)c1. The van der Waals surface area contributed by atoms with Gasteiger partial charge < -0.3 is 9.64 Å². The third kappa shape index (κ3) is 4.42. The zero-order valence-corrected chi connectivity index (χ0v) is 15.0. The zero-order chi connectivity index (χ0) is 19.4. The number of nitriles is 1. The first kappa shape index (κ1) is 18.8. The molecule has 0 saturated heterocycles. The molecule has 0 unspecified atom stereocenters. The van der Waals surface area contributed by atoms with Gasteiger partial charge in [-0.2, -0.15) is 5.26 Å². The summed E-state index contributed by atoms with van der Waals surface area (Å²) < 4.78 is 45.9. The maximum atomic E-state index is 13.4. The van der Waals surface area contributed by atoms with Crippen LogP contribution >= 0.6 is 0 Å². The Hall–Kier alpha value is -2.96. The summed E-state index contributed by atoms with van der Waals surface area (Å²) in [5.41, 5.74) is 0.752. The Morgan fingerprint density at radius 3 is 2.85 bits per heavy atom. The first-order valence-corrected chi connectivity index (χ1v) is 9.56. The molecule has 1 aliphatic rings. The predicted molar refractivity (Wildman–Crippen MR) is 93.7 cm³/mol. The molecule has 1 aliphatic heterocycles. The average Bonchev–Trinajstić information content (AvgIpc) is 2.80. The summed E-state index contributed by atoms with van der Waals surface area (Å²) in [6, 6.07) is 11.5. The Morgan fingerprint density at radius 2 is 2.07 bits per heavy atom. The number of nitrogens with one attached hydrogen (secondary N) is 1. The van der Waals surface area contributed by atoms with Gasteiger partial charge in [0, 0.05) is 25.2 Å². The lowest BCUT2D eigenvalue weighted by Crippen LogP contribution is -2.39. The number of carbonyl (C=O) groups excluding carboxylic acids is 1. The molecule has 0 radical (unpaired) electrons. The Morgan fingerprint density at radius 1 is 1.26 bits per heavy atom. The molecule has 0 spiro atoms. The molecule has 2 aromatic carbocycles. The van der Waals surface area contributed by atoms with Crippen LogP contribution in [0.25, 0.3) is 0 Å². The third-order valence-corrected chi connectivity index (χ3v) is 5.49. The van der Waals surface area contributed by atoms with E-state index in [-0.39, 0.29) is 42.6 Å². The fourth-order valence-electron chi connectivity index (χ4n) is 2.67. The fourth-order valence-corrected chi connectivity index (χ4v) is 3.74. The minimum Gasteiger partial charge on any atom is -0.483 e. The molecular weight excluding hydrogens is 373 g/mol. The number of ether oxygens (including phenoxy) is 1. The molecule has 0 atom stereocenters. The van der Waals surface area contributed by atoms with Crippen LogP contribution in [-0.2, 0) is 21.4 Å². The molecule has 0 saturated carbocycles. The number of hydrogen-bond donors (Lipinski definition) is 1. The number of rotatable bonds is 5. The molecule has 0 bridgehead atoms. The second-order valence-corrected chi connectivity index (χ2v) is 7.66. The largest absolute Gasteiger partial charge is 0.483 e. The Balaban J connectivity index is 1.67. The molecule has 7 nitrogen and oxygen atoms in total. The monoisotopic (exact) mass is 389 g/mol. The molecule has 0 aromatic heterocycles. The number of halogens is 1. The second-order valence-electron chi connectivity index (χ2n) is 5.89. The molecule has 1 amide bonds. The topological polar surface area (TPSA) is 99.5 Å². The zero-order valence-electron chi connectivity index (χ0n) is 14.2. The van der Waals surface area contributed by atoms with Gasteiger partial charge in [0.15, 0.2) is 6.61 Å². The number of hydrogen-bond acceptors (Lipinski definition) is 5. The maximum Gasteiger partial charge on any atom is 0.260 e. The summed E-state index contributed by atoms with van der Waals surface area (Å²) >= 11 is 0. The number of amides is 1. The van der Waals surface area contributed by atoms with E-state index in [4.69, 9.17) is 10.00 Å². The van der Waals surface area contributed by atoms with E-state index in [0.29, 0.717) is 11.3 Å². The smallest absolute Gasteiger partial charge is 0.260 e. The summed E-state index contributed by atoms with van der Waals surface area (Å²) in [6.07, 6.45) is 0. The molecule has 140 valence electrons. The molecule has 3 rings (SSSR count). The van der Waals surface area contributed by atoms with Crippen molar-refractivity contribution in [2.24, 2.45) is 0 Å². The van der Waals surface area contributed by atoms with E-state index in [1.165, 1.54) is 47.4 Å². The van der Waals surface area contributed by atoms with Crippen molar-refractivity contribution in [3.8, 4) is 11.8 Å². The van der Waals surface area contributed by atoms with Crippen LogP contribution in [0.2, 0.25) is 0 Å². The van der Waals surface area contributed by atoms with Crippen molar-refractivity contribution in [1.82, 2.24) is 9.62 Å². The van der Waals surface area contributed by atoms with Crippen molar-refractivity contribution in [3.05, 3.63) is 59.4 Å². The normalized spacial score (nSPS) is 14.1. The van der Waals surface area contributed by atoms with Crippen LogP contribution in [0.15, 0.2) is 47.4 Å². The van der Waals surface area contributed by atoms with Crippen LogP contribution in [0.5, 0.6) is 5.75 Å². The van der Waals surface area contributed by atoms with Gasteiger partial charge in [0.05, 0.1) is 16.5 Å². The first-order chi connectivity index (χ1) is 12.9. The summed E-state index contributed by atoms with van der Waals surface area (Å²) in [4.78, 5) is 13.5. The quantitative estimate of drug-likeness (QED) is 0.833. The van der Waals surface area contributed by atoms with Gasteiger partial charge in [0.2, 0.25) is 10.0 Å². The number of nitrogens with zero attached hydrogens (tertiary/aromatic N) is 2. The van der Waals surface area contributed by atoms with E-state index >= 15 is 0 Å². The van der Waals surface area contributed by atoms with Gasteiger partial charge >= 0.3 is 0 Å². The van der Waals surface area contributed by atoms with Crippen molar-refractivity contribution in [2.75, 3.05) is 19.7 Å². The van der Waals surface area contributed by atoms with E-state index in [1.54, 1.807) is 0 Å². The molecule has 0 aliphatic carbocycles. The molecule has 0 fully saturated rings. The highest BCUT2D eigenvalue weighted by Crippen LogP contribution is 2.24. The number of fused-ring (bicyclic) bond motifs is 1. The minimum atomic E-state index is -3.82. The standard InChI is InChI=1S/C18H16FN3O4S/c19-15-4-5-17-14(9-15)11-22(18(23)12-26-17)7-6-21-27(24,25)16-3-1-2-13(8-16)10-20/h1-5,8-9,21H,6-7,11-12H2. The number of benzene rings is 2. The molecule has 1 heterocycles. The van der Waals surface area contributed by atoms with E-state index < -0.39 is 15.8 Å². The van der Waals surface area contributed by atoms with E-state index in [1.807, 2.05) is 6.07 Å². The van der Waals surface area contributed by atoms with Gasteiger partial charge in [-0.25, -0.2) is 17.5 Å². The number of sulfonamides is 1. The lowest BCUT2D eigenvalue weighted by molar-refractivity contribution is -0.133. The lowest BCUT2D eigenvalue weighted by atomic mass is 10.2. The van der Waals surface area contributed by atoms with Crippen molar-refractivity contribution in [1.29, 1.82) is 5.26 Å². The van der Waals surface area contributed by atoms with E-state index in [2.05, 4.69) is 4.72 Å². The average molecular weight is 389 g/mol. The van der Waals surface area contributed by atoms with Crippen LogP contribution < -0.4 is 9.46 Å². The van der Waals surface area contributed by atoms with Crippen LogP contribution in [0, 0.1) is 17.1 Å². The van der Waals surface area contributed by atoms with Gasteiger partial charge in [-0.15, -0.1) is 0 Å². The predicted octanol–water partition coefficient (Wildman–Crippen LogP) is 1.40. The Labute approximate surface area is 156 Å². The van der Waals surface area contributed by atoms with Crippen molar-refractivity contribution < 1.29 is 22.3 Å². The summed E-state index contributed by atoms with van der Waals surface area (Å²) in [5, 5.41) is 8.88. The van der Waals surface area contributed by atoms with Crippen molar-refractivity contribution >= 4 is 15.9 Å². The first-order valence-electron chi connectivity index (χ1n) is 8.08. The van der Waals surface area contributed by atoms with E-state index in [0.717, 1.165) is 0 Å². The second kappa shape index (κ2) is 7.73. The summed E-state index contributed by atoms with van der Waals surface area (Å²) in [5.74, 6) is -0.330. The summed E-state index contributed by atoms with van der Waals surface area (Å²) in [6.45, 7) is -0.0159. The van der Waals surface area contributed by atoms with Crippen LogP contribution in [0.1, 0.15) is 11.1 Å². The fraction of sp³-hybridized carbons (Fsp3) is 0.222. The molecule has 1 N–H and O–H groups in total. The van der Waals surface area contributed by atoms with Gasteiger partial charge in [-0.05, 0) is 36.4 Å². The van der Waals surface area contributed by atoms with Crippen LogP contribution in [-0.4, -0.2) is 38.9 Å². The van der Waals surface area contributed by atoms with Gasteiger partial charge in [-0.3, -0.25) is 4.79 Å². The van der Waals surface area contributed by atoms with Crippen LogP contribution in [0.4, 0.5) is 4.39 Å². The Kier molecular flexibility index (Phi) is 5.39. The van der Waals surface area contributed by atoms with Crippen molar-refractivity contribution in [2.45, 2.75) is 11.4 Å². The van der Waals surface area contributed by atoms with Gasteiger partial charge in [0.1, 0.15) is 11.6 Å². The van der Waals surface area contributed by atoms with Crippen molar-refractivity contribution in [3.63, 3.8) is 0 Å². The Bertz CT molecular complexity index is 1020. The lowest BCUT2D eigenvalue weighted by Gasteiger charge is -2.20. The molecule has 2 aromatic rings. The highest BCUT2D eigenvalue weighted by Gasteiger charge is 2.22. The van der Waals surface area contributed by atoms with Gasteiger partial charge in [-0.1, -0.05) is 6.07 Å². The molecular formula is C18H16FN3O4S. The molecule has 9 heteroatoms.